The van der Waals surface area contributed by atoms with Gasteiger partial charge in [0.1, 0.15) is 6.61 Å². The van der Waals surface area contributed by atoms with Crippen LogP contribution in [-0.4, -0.2) is 50.8 Å². The number of ether oxygens (including phenoxy) is 1. The second kappa shape index (κ2) is 6.25. The van der Waals surface area contributed by atoms with Crippen molar-refractivity contribution in [1.82, 2.24) is 4.90 Å². The van der Waals surface area contributed by atoms with Gasteiger partial charge in [-0.25, -0.2) is 4.79 Å². The van der Waals surface area contributed by atoms with E-state index in [-0.39, 0.29) is 18.7 Å². The standard InChI is InChI=1S/C16H16N2O7/c1-8(19)13-11-6-12(20)14(17(11)15(13)21)16(22)25-7-9-2-4-10(5-3-9)18(23)24/h2-5,8,11,13-14,19H,6-7H2,1H3/t8-,11?,13-,14-/m1/s1. The van der Waals surface area contributed by atoms with Gasteiger partial charge in [0.15, 0.2) is 11.8 Å². The second-order valence-electron chi connectivity index (χ2n) is 6.18. The van der Waals surface area contributed by atoms with E-state index in [1.165, 1.54) is 36.1 Å². The third-order valence-electron chi connectivity index (χ3n) is 4.58. The Balaban J connectivity index is 1.63. The maximum atomic E-state index is 12.2. The number of hydrogen-bond acceptors (Lipinski definition) is 7. The lowest BCUT2D eigenvalue weighted by Crippen LogP contribution is -2.64. The molecule has 0 aromatic heterocycles. The number of non-ortho nitro benzene ring substituents is 1. The number of amides is 1. The van der Waals surface area contributed by atoms with E-state index < -0.39 is 46.7 Å². The van der Waals surface area contributed by atoms with E-state index >= 15 is 0 Å². The average molecular weight is 348 g/mol. The number of nitro groups is 1. The summed E-state index contributed by atoms with van der Waals surface area (Å²) in [6, 6.07) is 3.73. The minimum atomic E-state index is -1.27. The molecule has 1 N–H and O–H groups in total. The fraction of sp³-hybridized carbons (Fsp3) is 0.438. The molecule has 2 saturated heterocycles. The number of nitro benzene ring substituents is 1. The van der Waals surface area contributed by atoms with Crippen LogP contribution in [0.2, 0.25) is 0 Å². The van der Waals surface area contributed by atoms with Crippen LogP contribution in [0.3, 0.4) is 0 Å². The molecule has 9 nitrogen and oxygen atoms in total. The number of esters is 1. The van der Waals surface area contributed by atoms with Gasteiger partial charge in [-0.1, -0.05) is 0 Å². The maximum Gasteiger partial charge on any atom is 0.337 e. The Hall–Kier alpha value is -2.81. The molecule has 3 rings (SSSR count). The largest absolute Gasteiger partial charge is 0.459 e. The summed E-state index contributed by atoms with van der Waals surface area (Å²) >= 11 is 0. The summed E-state index contributed by atoms with van der Waals surface area (Å²) in [6.07, 6.45) is -0.852. The smallest absolute Gasteiger partial charge is 0.337 e. The Kier molecular flexibility index (Phi) is 4.25. The maximum absolute atomic E-state index is 12.2. The van der Waals surface area contributed by atoms with Crippen molar-refractivity contribution >= 4 is 23.3 Å². The topological polar surface area (TPSA) is 127 Å². The number of fused-ring (bicyclic) bond motifs is 1. The highest BCUT2D eigenvalue weighted by Crippen LogP contribution is 2.40. The summed E-state index contributed by atoms with van der Waals surface area (Å²) < 4.78 is 5.09. The summed E-state index contributed by atoms with van der Waals surface area (Å²) in [5, 5.41) is 20.2. The normalized spacial score (nSPS) is 26.0. The molecule has 0 aliphatic carbocycles. The third kappa shape index (κ3) is 2.86. The molecular formula is C16H16N2O7. The van der Waals surface area contributed by atoms with Crippen LogP contribution >= 0.6 is 0 Å². The van der Waals surface area contributed by atoms with E-state index in [9.17, 15) is 29.6 Å². The van der Waals surface area contributed by atoms with Crippen molar-refractivity contribution in [1.29, 1.82) is 0 Å². The Bertz CT molecular complexity index is 743. The molecule has 0 saturated carbocycles. The number of aliphatic hydroxyl groups excluding tert-OH is 1. The van der Waals surface area contributed by atoms with Crippen molar-refractivity contribution in [2.24, 2.45) is 5.92 Å². The fourth-order valence-electron chi connectivity index (χ4n) is 3.33. The van der Waals surface area contributed by atoms with Crippen molar-refractivity contribution in [3.63, 3.8) is 0 Å². The molecule has 1 aromatic carbocycles. The van der Waals surface area contributed by atoms with Gasteiger partial charge in [0, 0.05) is 18.6 Å². The molecule has 1 unspecified atom stereocenters. The Labute approximate surface area is 142 Å². The second-order valence-corrected chi connectivity index (χ2v) is 6.18. The average Bonchev–Trinajstić information content (AvgIpc) is 2.85. The van der Waals surface area contributed by atoms with Crippen LogP contribution < -0.4 is 0 Å². The summed E-state index contributed by atoms with van der Waals surface area (Å²) in [4.78, 5) is 47.6. The highest BCUT2D eigenvalue weighted by molar-refractivity contribution is 6.11. The van der Waals surface area contributed by atoms with Gasteiger partial charge < -0.3 is 14.7 Å². The molecule has 9 heteroatoms. The zero-order chi connectivity index (χ0) is 18.3. The van der Waals surface area contributed by atoms with Gasteiger partial charge in [-0.2, -0.15) is 0 Å². The number of β-lactam (4-membered cyclic amide) rings is 1. The number of carbonyl (C=O) groups is 3. The lowest BCUT2D eigenvalue weighted by Gasteiger charge is -2.45. The number of carbonyl (C=O) groups excluding carboxylic acids is 3. The van der Waals surface area contributed by atoms with Crippen molar-refractivity contribution in [3.8, 4) is 0 Å². The van der Waals surface area contributed by atoms with Crippen LogP contribution in [0.4, 0.5) is 5.69 Å². The molecule has 0 bridgehead atoms. The zero-order valence-electron chi connectivity index (χ0n) is 13.3. The molecule has 2 aliphatic rings. The first kappa shape index (κ1) is 17.0. The molecule has 2 fully saturated rings. The van der Waals surface area contributed by atoms with E-state index in [1.807, 2.05) is 0 Å². The first-order valence-electron chi connectivity index (χ1n) is 7.74. The van der Waals surface area contributed by atoms with Gasteiger partial charge in [-0.05, 0) is 24.6 Å². The number of rotatable bonds is 5. The van der Waals surface area contributed by atoms with Crippen LogP contribution in [0.15, 0.2) is 24.3 Å². The highest BCUT2D eigenvalue weighted by Gasteiger charge is 2.61. The zero-order valence-corrected chi connectivity index (χ0v) is 13.3. The van der Waals surface area contributed by atoms with Crippen molar-refractivity contribution in [2.45, 2.75) is 38.1 Å². The quantitative estimate of drug-likeness (QED) is 0.264. The lowest BCUT2D eigenvalue weighted by atomic mass is 9.84. The molecule has 2 heterocycles. The molecule has 1 amide bonds. The molecule has 132 valence electrons. The fourth-order valence-corrected chi connectivity index (χ4v) is 3.33. The minimum absolute atomic E-state index is 0.0264. The Morgan fingerprint density at radius 2 is 2.04 bits per heavy atom. The van der Waals surface area contributed by atoms with E-state index in [1.54, 1.807) is 0 Å². The SMILES string of the molecule is C[C@@H](O)[C@H]1C(=O)N2C1CC(=O)[C@@H]2C(=O)OCc1ccc([N+](=O)[O-])cc1. The van der Waals surface area contributed by atoms with Crippen LogP contribution in [0.1, 0.15) is 18.9 Å². The van der Waals surface area contributed by atoms with Crippen LogP contribution in [0.25, 0.3) is 0 Å². The van der Waals surface area contributed by atoms with E-state index in [2.05, 4.69) is 0 Å². The summed E-state index contributed by atoms with van der Waals surface area (Å²) in [5.41, 5.74) is 0.442. The monoisotopic (exact) mass is 348 g/mol. The van der Waals surface area contributed by atoms with Gasteiger partial charge in [0.25, 0.3) is 5.69 Å². The molecule has 0 radical (unpaired) electrons. The van der Waals surface area contributed by atoms with E-state index in [0.29, 0.717) is 5.56 Å². The molecule has 0 spiro atoms. The van der Waals surface area contributed by atoms with Gasteiger partial charge >= 0.3 is 5.97 Å². The number of hydrogen-bond donors (Lipinski definition) is 1. The third-order valence-corrected chi connectivity index (χ3v) is 4.58. The first-order chi connectivity index (χ1) is 11.8. The van der Waals surface area contributed by atoms with Gasteiger partial charge in [-0.3, -0.25) is 19.7 Å². The van der Waals surface area contributed by atoms with Gasteiger partial charge in [0.05, 0.1) is 23.0 Å². The van der Waals surface area contributed by atoms with Crippen molar-refractivity contribution in [3.05, 3.63) is 39.9 Å². The molecule has 2 aliphatic heterocycles. The predicted molar refractivity (Wildman–Crippen MR) is 82.1 cm³/mol. The first-order valence-corrected chi connectivity index (χ1v) is 7.74. The molecule has 1 aromatic rings. The summed E-state index contributed by atoms with van der Waals surface area (Å²) in [6.45, 7) is 1.32. The van der Waals surface area contributed by atoms with Crippen LogP contribution in [0, 0.1) is 16.0 Å². The molecule has 4 atom stereocenters. The minimum Gasteiger partial charge on any atom is -0.459 e. The lowest BCUT2D eigenvalue weighted by molar-refractivity contribution is -0.384. The van der Waals surface area contributed by atoms with Gasteiger partial charge in [-0.15, -0.1) is 0 Å². The van der Waals surface area contributed by atoms with Crippen LogP contribution in [0.5, 0.6) is 0 Å². The number of aliphatic hydroxyl groups is 1. The van der Waals surface area contributed by atoms with Crippen molar-refractivity contribution < 1.29 is 29.2 Å². The number of nitrogens with zero attached hydrogens (tertiary/aromatic N) is 2. The summed E-state index contributed by atoms with van der Waals surface area (Å²) in [5.74, 6) is -2.32. The molecule has 25 heavy (non-hydrogen) atoms. The number of benzene rings is 1. The molecular weight excluding hydrogens is 332 g/mol. The van der Waals surface area contributed by atoms with Crippen LogP contribution in [-0.2, 0) is 25.7 Å². The summed E-state index contributed by atoms with van der Waals surface area (Å²) in [7, 11) is 0. The number of Topliss-reactive ketones (excluding diaryl/α,β-unsaturated/α-hetero) is 1. The van der Waals surface area contributed by atoms with E-state index in [0.717, 1.165) is 0 Å². The predicted octanol–water partition coefficient (Wildman–Crippen LogP) is 0.187. The highest BCUT2D eigenvalue weighted by atomic mass is 16.6. The van der Waals surface area contributed by atoms with Gasteiger partial charge in [0.2, 0.25) is 5.91 Å². The number of ketones is 1. The Morgan fingerprint density at radius 3 is 2.60 bits per heavy atom. The van der Waals surface area contributed by atoms with E-state index in [4.69, 9.17) is 4.74 Å². The van der Waals surface area contributed by atoms with Crippen molar-refractivity contribution in [2.75, 3.05) is 0 Å². The Morgan fingerprint density at radius 1 is 1.40 bits per heavy atom.